The summed E-state index contributed by atoms with van der Waals surface area (Å²) in [5.41, 5.74) is 0.872. The first-order valence-electron chi connectivity index (χ1n) is 9.37. The summed E-state index contributed by atoms with van der Waals surface area (Å²) in [7, 11) is 0. The molecule has 2 heterocycles. The van der Waals surface area contributed by atoms with Crippen molar-refractivity contribution in [3.63, 3.8) is 0 Å². The minimum Gasteiger partial charge on any atom is -0.333 e. The zero-order valence-corrected chi connectivity index (χ0v) is 15.1. The second-order valence-corrected chi connectivity index (χ2v) is 6.89. The molecule has 1 aromatic rings. The van der Waals surface area contributed by atoms with E-state index in [-0.39, 0.29) is 17.8 Å². The molecule has 138 valence electrons. The van der Waals surface area contributed by atoms with E-state index in [0.29, 0.717) is 19.5 Å². The van der Waals surface area contributed by atoms with Gasteiger partial charge >= 0.3 is 0 Å². The van der Waals surface area contributed by atoms with Crippen molar-refractivity contribution in [2.45, 2.75) is 19.4 Å². The van der Waals surface area contributed by atoms with Crippen molar-refractivity contribution in [1.29, 1.82) is 0 Å². The summed E-state index contributed by atoms with van der Waals surface area (Å²) in [6, 6.07) is 6.54. The van der Waals surface area contributed by atoms with E-state index in [4.69, 9.17) is 0 Å². The maximum Gasteiger partial charge on any atom is 0.224 e. The molecule has 2 aliphatic heterocycles. The van der Waals surface area contributed by atoms with Crippen molar-refractivity contribution in [2.24, 2.45) is 0 Å². The highest BCUT2D eigenvalue weighted by atomic mass is 19.1. The van der Waals surface area contributed by atoms with Crippen molar-refractivity contribution in [3.8, 4) is 0 Å². The van der Waals surface area contributed by atoms with Gasteiger partial charge in [-0.05, 0) is 24.2 Å². The van der Waals surface area contributed by atoms with Gasteiger partial charge in [0.2, 0.25) is 5.91 Å². The van der Waals surface area contributed by atoms with Gasteiger partial charge in [-0.1, -0.05) is 19.1 Å². The van der Waals surface area contributed by atoms with E-state index in [0.717, 1.165) is 51.4 Å². The molecule has 1 amide bonds. The molecule has 5 nitrogen and oxygen atoms in total. The number of nitrogens with zero attached hydrogens (tertiary/aromatic N) is 3. The Labute approximate surface area is 149 Å². The summed E-state index contributed by atoms with van der Waals surface area (Å²) in [5.74, 6) is -0.0713. The second-order valence-electron chi connectivity index (χ2n) is 6.89. The smallest absolute Gasteiger partial charge is 0.224 e. The van der Waals surface area contributed by atoms with Crippen LogP contribution in [0.2, 0.25) is 0 Å². The Morgan fingerprint density at radius 2 is 1.96 bits per heavy atom. The fraction of sp³-hybridized carbons (Fsp3) is 0.632. The van der Waals surface area contributed by atoms with Crippen molar-refractivity contribution in [1.82, 2.24) is 20.0 Å². The average Bonchev–Trinajstić information content (AvgIpc) is 2.66. The van der Waals surface area contributed by atoms with Crippen LogP contribution in [0.1, 0.15) is 24.9 Å². The first-order valence-corrected chi connectivity index (χ1v) is 9.37. The molecule has 0 radical (unpaired) electrons. The molecule has 1 unspecified atom stereocenters. The molecule has 1 aromatic carbocycles. The molecule has 3 rings (SSSR count). The van der Waals surface area contributed by atoms with Crippen molar-refractivity contribution >= 4 is 5.91 Å². The molecule has 2 fully saturated rings. The molecule has 6 heteroatoms. The zero-order chi connectivity index (χ0) is 17.6. The lowest BCUT2D eigenvalue weighted by molar-refractivity contribution is -0.135. The predicted molar refractivity (Wildman–Crippen MR) is 96.9 cm³/mol. The maximum absolute atomic E-state index is 13.6. The molecule has 2 saturated heterocycles. The van der Waals surface area contributed by atoms with Crippen molar-refractivity contribution in [2.75, 3.05) is 58.9 Å². The molecule has 0 aromatic heterocycles. The number of piperazine rings is 2. The summed E-state index contributed by atoms with van der Waals surface area (Å²) < 4.78 is 13.6. The Balaban J connectivity index is 1.56. The summed E-state index contributed by atoms with van der Waals surface area (Å²) in [4.78, 5) is 19.5. The lowest BCUT2D eigenvalue weighted by Crippen LogP contribution is -2.50. The monoisotopic (exact) mass is 348 g/mol. The van der Waals surface area contributed by atoms with Crippen LogP contribution in [0.25, 0.3) is 0 Å². The molecule has 0 saturated carbocycles. The van der Waals surface area contributed by atoms with E-state index in [1.165, 1.54) is 6.07 Å². The fourth-order valence-electron chi connectivity index (χ4n) is 3.74. The molecule has 1 atom stereocenters. The average molecular weight is 348 g/mol. The van der Waals surface area contributed by atoms with Gasteiger partial charge in [-0.25, -0.2) is 4.39 Å². The Hall–Kier alpha value is -1.50. The Bertz CT molecular complexity index is 574. The SMILES string of the molecule is CCN1CCN(CCC(=O)N2CCNCC2c2cccc(F)c2)CC1. The topological polar surface area (TPSA) is 38.8 Å². The minimum absolute atomic E-state index is 0.0751. The summed E-state index contributed by atoms with van der Waals surface area (Å²) in [6.45, 7) is 10.5. The lowest BCUT2D eigenvalue weighted by atomic mass is 10.0. The van der Waals surface area contributed by atoms with Crippen molar-refractivity contribution in [3.05, 3.63) is 35.6 Å². The van der Waals surface area contributed by atoms with E-state index in [1.807, 2.05) is 11.0 Å². The first-order chi connectivity index (χ1) is 12.2. The molecule has 0 spiro atoms. The Morgan fingerprint density at radius 3 is 2.68 bits per heavy atom. The fourth-order valence-corrected chi connectivity index (χ4v) is 3.74. The summed E-state index contributed by atoms with van der Waals surface area (Å²) in [5, 5.41) is 3.32. The summed E-state index contributed by atoms with van der Waals surface area (Å²) in [6.07, 6.45) is 0.540. The summed E-state index contributed by atoms with van der Waals surface area (Å²) >= 11 is 0. The van der Waals surface area contributed by atoms with Crippen LogP contribution < -0.4 is 5.32 Å². The van der Waals surface area contributed by atoms with Gasteiger partial charge in [0.1, 0.15) is 5.82 Å². The van der Waals surface area contributed by atoms with Gasteiger partial charge in [-0.15, -0.1) is 0 Å². The van der Waals surface area contributed by atoms with E-state index in [2.05, 4.69) is 22.0 Å². The highest BCUT2D eigenvalue weighted by Gasteiger charge is 2.28. The highest BCUT2D eigenvalue weighted by Crippen LogP contribution is 2.23. The lowest BCUT2D eigenvalue weighted by Gasteiger charge is -2.38. The number of hydrogen-bond acceptors (Lipinski definition) is 4. The number of hydrogen-bond donors (Lipinski definition) is 1. The van der Waals surface area contributed by atoms with Crippen LogP contribution in [0, 0.1) is 5.82 Å². The van der Waals surface area contributed by atoms with Gasteiger partial charge < -0.3 is 20.0 Å². The number of halogens is 1. The molecule has 1 N–H and O–H groups in total. The van der Waals surface area contributed by atoms with Gasteiger partial charge in [0.05, 0.1) is 6.04 Å². The van der Waals surface area contributed by atoms with Crippen LogP contribution in [0.3, 0.4) is 0 Å². The van der Waals surface area contributed by atoms with Gasteiger partial charge in [-0.2, -0.15) is 0 Å². The number of benzene rings is 1. The second kappa shape index (κ2) is 8.74. The molecule has 0 aliphatic carbocycles. The Morgan fingerprint density at radius 1 is 1.20 bits per heavy atom. The number of nitrogens with one attached hydrogen (secondary N) is 1. The van der Waals surface area contributed by atoms with E-state index in [1.54, 1.807) is 12.1 Å². The minimum atomic E-state index is -0.246. The van der Waals surface area contributed by atoms with Crippen LogP contribution in [0.15, 0.2) is 24.3 Å². The van der Waals surface area contributed by atoms with Gasteiger partial charge in [-0.3, -0.25) is 4.79 Å². The van der Waals surface area contributed by atoms with Crippen LogP contribution in [0.5, 0.6) is 0 Å². The van der Waals surface area contributed by atoms with E-state index in [9.17, 15) is 9.18 Å². The third-order valence-corrected chi connectivity index (χ3v) is 5.35. The molecule has 25 heavy (non-hydrogen) atoms. The predicted octanol–water partition coefficient (Wildman–Crippen LogP) is 1.33. The number of amides is 1. The highest BCUT2D eigenvalue weighted by molar-refractivity contribution is 5.77. The first kappa shape index (κ1) is 18.3. The van der Waals surface area contributed by atoms with Crippen LogP contribution in [-0.2, 0) is 4.79 Å². The van der Waals surface area contributed by atoms with Crippen LogP contribution >= 0.6 is 0 Å². The standard InChI is InChI=1S/C19H29FN4O/c1-2-22-10-12-23(13-11-22)8-6-19(25)24-9-7-21-15-18(24)16-4-3-5-17(20)14-16/h3-5,14,18,21H,2,6-13,15H2,1H3. The van der Waals surface area contributed by atoms with Crippen LogP contribution in [0.4, 0.5) is 4.39 Å². The van der Waals surface area contributed by atoms with Gasteiger partial charge in [0.15, 0.2) is 0 Å². The van der Waals surface area contributed by atoms with E-state index >= 15 is 0 Å². The third kappa shape index (κ3) is 4.77. The zero-order valence-electron chi connectivity index (χ0n) is 15.1. The quantitative estimate of drug-likeness (QED) is 0.871. The van der Waals surface area contributed by atoms with Crippen molar-refractivity contribution < 1.29 is 9.18 Å². The number of likely N-dealkylation sites (N-methyl/N-ethyl adjacent to an activating group) is 1. The molecular formula is C19H29FN4O. The third-order valence-electron chi connectivity index (χ3n) is 5.35. The maximum atomic E-state index is 13.6. The van der Waals surface area contributed by atoms with Gasteiger partial charge in [0, 0.05) is 58.8 Å². The largest absolute Gasteiger partial charge is 0.333 e. The van der Waals surface area contributed by atoms with Crippen LogP contribution in [-0.4, -0.2) is 79.5 Å². The molecule has 0 bridgehead atoms. The van der Waals surface area contributed by atoms with Gasteiger partial charge in [0.25, 0.3) is 0 Å². The molecule has 2 aliphatic rings. The Kier molecular flexibility index (Phi) is 6.39. The number of carbonyl (C=O) groups excluding carboxylic acids is 1. The number of rotatable bonds is 5. The van der Waals surface area contributed by atoms with E-state index < -0.39 is 0 Å². The number of carbonyl (C=O) groups is 1. The normalized spacial score (nSPS) is 23.0. The molecular weight excluding hydrogens is 319 g/mol.